The summed E-state index contributed by atoms with van der Waals surface area (Å²) < 4.78 is 39.6. The molecular formula is C28H24ClF2NO3. The average Bonchev–Trinajstić information content (AvgIpc) is 3.25. The third-order valence-corrected chi connectivity index (χ3v) is 6.01. The van der Waals surface area contributed by atoms with E-state index in [1.807, 2.05) is 44.2 Å². The van der Waals surface area contributed by atoms with Gasteiger partial charge in [0.1, 0.15) is 23.0 Å². The van der Waals surface area contributed by atoms with E-state index < -0.39 is 17.5 Å². The van der Waals surface area contributed by atoms with E-state index in [1.54, 1.807) is 13.2 Å². The van der Waals surface area contributed by atoms with Gasteiger partial charge in [0.15, 0.2) is 0 Å². The van der Waals surface area contributed by atoms with Crippen LogP contribution in [0.2, 0.25) is 5.02 Å². The minimum absolute atomic E-state index is 0.190. The van der Waals surface area contributed by atoms with Gasteiger partial charge in [-0.15, -0.1) is 0 Å². The van der Waals surface area contributed by atoms with E-state index in [0.29, 0.717) is 28.5 Å². The largest absolute Gasteiger partial charge is 0.493 e. The molecule has 0 aliphatic heterocycles. The zero-order valence-corrected chi connectivity index (χ0v) is 20.3. The predicted molar refractivity (Wildman–Crippen MR) is 134 cm³/mol. The van der Waals surface area contributed by atoms with Crippen LogP contribution in [-0.4, -0.2) is 12.5 Å². The molecular weight excluding hydrogens is 472 g/mol. The Balaban J connectivity index is 1.71. The van der Waals surface area contributed by atoms with Gasteiger partial charge in [0.25, 0.3) is 0 Å². The summed E-state index contributed by atoms with van der Waals surface area (Å²) in [4.78, 5) is 12.6. The molecule has 0 spiro atoms. The summed E-state index contributed by atoms with van der Waals surface area (Å²) in [5.41, 5.74) is 4.49. The number of furan rings is 1. The van der Waals surface area contributed by atoms with Crippen molar-refractivity contribution in [3.8, 4) is 16.9 Å². The van der Waals surface area contributed by atoms with Crippen LogP contribution >= 0.6 is 11.6 Å². The number of allylic oxidation sites excluding steroid dienone is 1. The van der Waals surface area contributed by atoms with Gasteiger partial charge in [-0.1, -0.05) is 29.8 Å². The molecule has 0 atom stereocenters. The van der Waals surface area contributed by atoms with Crippen molar-refractivity contribution >= 4 is 34.1 Å². The molecule has 0 fully saturated rings. The Bertz CT molecular complexity index is 1400. The number of carbonyl (C=O) groups is 1. The molecule has 1 aromatic heterocycles. The molecule has 4 aromatic rings. The van der Waals surface area contributed by atoms with Gasteiger partial charge in [0, 0.05) is 45.3 Å². The number of amides is 1. The Morgan fingerprint density at radius 2 is 1.83 bits per heavy atom. The molecule has 0 saturated heterocycles. The van der Waals surface area contributed by atoms with E-state index in [0.717, 1.165) is 39.8 Å². The van der Waals surface area contributed by atoms with E-state index in [1.165, 1.54) is 12.1 Å². The van der Waals surface area contributed by atoms with E-state index in [2.05, 4.69) is 5.32 Å². The molecule has 1 heterocycles. The third-order valence-electron chi connectivity index (χ3n) is 5.76. The second-order valence-electron chi connectivity index (χ2n) is 8.09. The normalized spacial score (nSPS) is 11.7. The van der Waals surface area contributed by atoms with Crippen LogP contribution in [0.4, 0.5) is 8.78 Å². The Hall–Kier alpha value is -3.64. The molecule has 7 heteroatoms. The molecule has 4 nitrogen and oxygen atoms in total. The second-order valence-corrected chi connectivity index (χ2v) is 8.53. The van der Waals surface area contributed by atoms with Crippen molar-refractivity contribution in [2.24, 2.45) is 0 Å². The van der Waals surface area contributed by atoms with Crippen LogP contribution in [0.5, 0.6) is 5.75 Å². The summed E-state index contributed by atoms with van der Waals surface area (Å²) in [5, 5.41) is 4.06. The first-order chi connectivity index (χ1) is 16.8. The number of rotatable bonds is 7. The van der Waals surface area contributed by atoms with Crippen molar-refractivity contribution in [1.82, 2.24) is 5.32 Å². The fourth-order valence-electron chi connectivity index (χ4n) is 3.99. The van der Waals surface area contributed by atoms with Crippen molar-refractivity contribution in [3.05, 3.63) is 94.2 Å². The van der Waals surface area contributed by atoms with Crippen LogP contribution in [0.3, 0.4) is 0 Å². The molecule has 0 unspecified atom stereocenters. The first-order valence-corrected chi connectivity index (χ1v) is 11.5. The summed E-state index contributed by atoms with van der Waals surface area (Å²) in [6, 6.07) is 13.0. The molecule has 3 aromatic carbocycles. The average molecular weight is 496 g/mol. The lowest BCUT2D eigenvalue weighted by atomic mass is 9.96. The van der Waals surface area contributed by atoms with Crippen LogP contribution in [0.25, 0.3) is 27.7 Å². The molecule has 0 radical (unpaired) electrons. The Morgan fingerprint density at radius 3 is 2.49 bits per heavy atom. The van der Waals surface area contributed by atoms with Gasteiger partial charge >= 0.3 is 0 Å². The van der Waals surface area contributed by atoms with Gasteiger partial charge in [0.05, 0.1) is 12.9 Å². The fraction of sp³-hybridized carbons (Fsp3) is 0.179. The first-order valence-electron chi connectivity index (χ1n) is 11.1. The molecule has 35 heavy (non-hydrogen) atoms. The molecule has 1 amide bonds. The van der Waals surface area contributed by atoms with Crippen LogP contribution in [-0.2, 0) is 11.3 Å². The van der Waals surface area contributed by atoms with Crippen molar-refractivity contribution in [2.75, 3.05) is 6.61 Å². The fourth-order valence-corrected chi connectivity index (χ4v) is 4.12. The lowest BCUT2D eigenvalue weighted by Gasteiger charge is -2.15. The topological polar surface area (TPSA) is 51.5 Å². The van der Waals surface area contributed by atoms with Crippen molar-refractivity contribution in [1.29, 1.82) is 0 Å². The number of hydrogen-bond donors (Lipinski definition) is 1. The van der Waals surface area contributed by atoms with E-state index in [-0.39, 0.29) is 12.1 Å². The van der Waals surface area contributed by atoms with Crippen molar-refractivity contribution in [3.63, 3.8) is 0 Å². The highest BCUT2D eigenvalue weighted by Crippen LogP contribution is 2.41. The number of halogens is 3. The minimum atomic E-state index is -0.708. The maximum absolute atomic E-state index is 13.9. The van der Waals surface area contributed by atoms with Crippen LogP contribution in [0, 0.1) is 18.6 Å². The van der Waals surface area contributed by atoms with Gasteiger partial charge in [-0.2, -0.15) is 0 Å². The predicted octanol–water partition coefficient (Wildman–Crippen LogP) is 7.46. The Labute approximate surface area is 207 Å². The molecule has 0 aliphatic carbocycles. The first kappa shape index (κ1) is 24.5. The van der Waals surface area contributed by atoms with Gasteiger partial charge in [-0.25, -0.2) is 8.78 Å². The molecule has 1 N–H and O–H groups in total. The van der Waals surface area contributed by atoms with Crippen molar-refractivity contribution < 1.29 is 22.7 Å². The van der Waals surface area contributed by atoms with Crippen LogP contribution in [0.1, 0.15) is 30.5 Å². The number of fused-ring (bicyclic) bond motifs is 1. The van der Waals surface area contributed by atoms with Gasteiger partial charge < -0.3 is 14.5 Å². The third kappa shape index (κ3) is 5.08. The molecule has 0 aliphatic rings. The van der Waals surface area contributed by atoms with Gasteiger partial charge in [-0.05, 0) is 62.2 Å². The van der Waals surface area contributed by atoms with Crippen LogP contribution in [0.15, 0.2) is 65.3 Å². The van der Waals surface area contributed by atoms with Gasteiger partial charge in [0.2, 0.25) is 5.91 Å². The summed E-state index contributed by atoms with van der Waals surface area (Å²) in [6.45, 7) is 5.73. The molecule has 4 rings (SSSR count). The maximum atomic E-state index is 13.9. The zero-order chi connectivity index (χ0) is 25.1. The highest BCUT2D eigenvalue weighted by molar-refractivity contribution is 6.30. The number of ether oxygens (including phenoxy) is 1. The standard InChI is InChI=1S/C28H24ClF2NO3/c1-4-34-27-17(3)28-21(23(15-35-28)18-8-10-19(29)11-9-18)13-20(27)16(2)12-26(33)32-14-22-24(30)6-5-7-25(22)31/h5-13,15H,4,14H2,1-3H3,(H,32,33)/b16-12+. The summed E-state index contributed by atoms with van der Waals surface area (Å²) in [7, 11) is 0. The van der Waals surface area contributed by atoms with Crippen LogP contribution < -0.4 is 10.1 Å². The van der Waals surface area contributed by atoms with Gasteiger partial charge in [-0.3, -0.25) is 4.79 Å². The number of carbonyl (C=O) groups excluding carboxylic acids is 1. The Kier molecular flexibility index (Phi) is 7.22. The number of nitrogens with one attached hydrogen (secondary N) is 1. The number of benzene rings is 3. The number of hydrogen-bond acceptors (Lipinski definition) is 3. The second kappa shape index (κ2) is 10.3. The minimum Gasteiger partial charge on any atom is -0.493 e. The highest BCUT2D eigenvalue weighted by Gasteiger charge is 2.19. The molecule has 0 bridgehead atoms. The summed E-state index contributed by atoms with van der Waals surface area (Å²) >= 11 is 6.04. The summed E-state index contributed by atoms with van der Waals surface area (Å²) in [6.07, 6.45) is 3.08. The monoisotopic (exact) mass is 495 g/mol. The zero-order valence-electron chi connectivity index (χ0n) is 19.5. The molecule has 0 saturated carbocycles. The maximum Gasteiger partial charge on any atom is 0.244 e. The van der Waals surface area contributed by atoms with Crippen molar-refractivity contribution in [2.45, 2.75) is 27.3 Å². The smallest absolute Gasteiger partial charge is 0.244 e. The lowest BCUT2D eigenvalue weighted by Crippen LogP contribution is -2.22. The molecule has 180 valence electrons. The Morgan fingerprint density at radius 1 is 1.14 bits per heavy atom. The number of aryl methyl sites for hydroxylation is 1. The lowest BCUT2D eigenvalue weighted by molar-refractivity contribution is -0.116. The SMILES string of the molecule is CCOc1c(/C(C)=C/C(=O)NCc2c(F)cccc2F)cc2c(-c3ccc(Cl)cc3)coc2c1C. The summed E-state index contributed by atoms with van der Waals surface area (Å²) in [5.74, 6) is -1.28. The highest BCUT2D eigenvalue weighted by atomic mass is 35.5. The van der Waals surface area contributed by atoms with E-state index in [9.17, 15) is 13.6 Å². The quantitative estimate of drug-likeness (QED) is 0.271. The van der Waals surface area contributed by atoms with E-state index in [4.69, 9.17) is 20.8 Å². The van der Waals surface area contributed by atoms with E-state index >= 15 is 0 Å².